The van der Waals surface area contributed by atoms with Gasteiger partial charge in [0.2, 0.25) is 5.91 Å². The predicted octanol–water partition coefficient (Wildman–Crippen LogP) is 4.31. The maximum Gasteiger partial charge on any atom is 0.254 e. The third-order valence-corrected chi connectivity index (χ3v) is 5.08. The second-order valence-electron chi connectivity index (χ2n) is 6.81. The SMILES string of the molecule is CC(c1ccc(F)c(F)c1)N(C)C(=O)c1ccc(N2CCCCC2=O)cc1. The molecule has 1 heterocycles. The Morgan fingerprint density at radius 2 is 1.78 bits per heavy atom. The van der Waals surface area contributed by atoms with E-state index in [4.69, 9.17) is 0 Å². The van der Waals surface area contributed by atoms with Crippen molar-refractivity contribution in [3.05, 3.63) is 65.2 Å². The number of amides is 2. The fraction of sp³-hybridized carbons (Fsp3) is 0.333. The zero-order chi connectivity index (χ0) is 19.6. The van der Waals surface area contributed by atoms with E-state index < -0.39 is 17.7 Å². The molecule has 1 aliphatic heterocycles. The molecule has 2 aromatic rings. The fourth-order valence-corrected chi connectivity index (χ4v) is 3.24. The molecule has 0 spiro atoms. The molecule has 6 heteroatoms. The molecular formula is C21H22F2N2O2. The standard InChI is InChI=1S/C21H22F2N2O2/c1-14(16-8-11-18(22)19(23)13-16)24(2)21(27)15-6-9-17(10-7-15)25-12-4-3-5-20(25)26/h6-11,13-14H,3-5,12H2,1-2H3. The van der Waals surface area contributed by atoms with Crippen molar-refractivity contribution < 1.29 is 18.4 Å². The minimum atomic E-state index is -0.934. The molecule has 1 aliphatic rings. The topological polar surface area (TPSA) is 40.6 Å². The van der Waals surface area contributed by atoms with Gasteiger partial charge in [-0.1, -0.05) is 6.07 Å². The smallest absolute Gasteiger partial charge is 0.254 e. The monoisotopic (exact) mass is 372 g/mol. The van der Waals surface area contributed by atoms with Gasteiger partial charge in [-0.3, -0.25) is 9.59 Å². The number of nitrogens with zero attached hydrogens (tertiary/aromatic N) is 2. The molecule has 0 saturated carbocycles. The molecule has 4 nitrogen and oxygen atoms in total. The van der Waals surface area contributed by atoms with E-state index >= 15 is 0 Å². The Morgan fingerprint density at radius 1 is 1.07 bits per heavy atom. The number of hydrogen-bond donors (Lipinski definition) is 0. The Bertz CT molecular complexity index is 852. The summed E-state index contributed by atoms with van der Waals surface area (Å²) >= 11 is 0. The normalized spacial score (nSPS) is 15.6. The molecule has 0 radical (unpaired) electrons. The number of piperidine rings is 1. The van der Waals surface area contributed by atoms with Crippen molar-refractivity contribution in [2.24, 2.45) is 0 Å². The summed E-state index contributed by atoms with van der Waals surface area (Å²) in [6, 6.07) is 10.1. The first-order chi connectivity index (χ1) is 12.9. The van der Waals surface area contributed by atoms with Crippen LogP contribution in [0.3, 0.4) is 0 Å². The van der Waals surface area contributed by atoms with E-state index in [0.29, 0.717) is 24.1 Å². The Morgan fingerprint density at radius 3 is 2.41 bits per heavy atom. The zero-order valence-corrected chi connectivity index (χ0v) is 15.4. The first kappa shape index (κ1) is 19.0. The molecular weight excluding hydrogens is 350 g/mol. The Labute approximate surface area is 157 Å². The Kier molecular flexibility index (Phi) is 5.54. The number of benzene rings is 2. The summed E-state index contributed by atoms with van der Waals surface area (Å²) in [4.78, 5) is 28.0. The number of hydrogen-bond acceptors (Lipinski definition) is 2. The van der Waals surface area contributed by atoms with Gasteiger partial charge in [-0.05, 0) is 61.7 Å². The van der Waals surface area contributed by atoms with Gasteiger partial charge in [0, 0.05) is 31.3 Å². The minimum Gasteiger partial charge on any atom is -0.335 e. The lowest BCUT2D eigenvalue weighted by Crippen LogP contribution is -2.35. The van der Waals surface area contributed by atoms with E-state index in [1.54, 1.807) is 43.1 Å². The number of carbonyl (C=O) groups excluding carboxylic acids is 2. The average Bonchev–Trinajstić information content (AvgIpc) is 2.69. The second-order valence-corrected chi connectivity index (χ2v) is 6.81. The lowest BCUT2D eigenvalue weighted by atomic mass is 10.1. The summed E-state index contributed by atoms with van der Waals surface area (Å²) in [6.07, 6.45) is 2.44. The van der Waals surface area contributed by atoms with Gasteiger partial charge >= 0.3 is 0 Å². The summed E-state index contributed by atoms with van der Waals surface area (Å²) in [6.45, 7) is 2.45. The molecule has 1 fully saturated rings. The number of anilines is 1. The predicted molar refractivity (Wildman–Crippen MR) is 99.5 cm³/mol. The second kappa shape index (κ2) is 7.86. The van der Waals surface area contributed by atoms with Gasteiger partial charge in [0.15, 0.2) is 11.6 Å². The maximum absolute atomic E-state index is 13.5. The molecule has 1 atom stereocenters. The number of rotatable bonds is 4. The van der Waals surface area contributed by atoms with Gasteiger partial charge in [0.05, 0.1) is 6.04 Å². The Balaban J connectivity index is 1.74. The van der Waals surface area contributed by atoms with Crippen LogP contribution in [0.4, 0.5) is 14.5 Å². The molecule has 0 aliphatic carbocycles. The van der Waals surface area contributed by atoms with Crippen LogP contribution < -0.4 is 4.90 Å². The fourth-order valence-electron chi connectivity index (χ4n) is 3.24. The quantitative estimate of drug-likeness (QED) is 0.802. The van der Waals surface area contributed by atoms with Crippen molar-refractivity contribution in [1.29, 1.82) is 0 Å². The third-order valence-electron chi connectivity index (χ3n) is 5.08. The van der Waals surface area contributed by atoms with Crippen LogP contribution in [0.15, 0.2) is 42.5 Å². The Hall–Kier alpha value is -2.76. The van der Waals surface area contributed by atoms with Gasteiger partial charge in [0.1, 0.15) is 0 Å². The molecule has 1 saturated heterocycles. The van der Waals surface area contributed by atoms with Crippen LogP contribution in [0.2, 0.25) is 0 Å². The molecule has 2 aromatic carbocycles. The number of halogens is 2. The molecule has 0 aromatic heterocycles. The van der Waals surface area contributed by atoms with Gasteiger partial charge < -0.3 is 9.80 Å². The summed E-state index contributed by atoms with van der Waals surface area (Å²) < 4.78 is 26.6. The molecule has 27 heavy (non-hydrogen) atoms. The summed E-state index contributed by atoms with van der Waals surface area (Å²) in [5.41, 5.74) is 1.77. The summed E-state index contributed by atoms with van der Waals surface area (Å²) in [5, 5.41) is 0. The van der Waals surface area contributed by atoms with E-state index in [2.05, 4.69) is 0 Å². The van der Waals surface area contributed by atoms with Crippen molar-refractivity contribution in [1.82, 2.24) is 4.90 Å². The largest absolute Gasteiger partial charge is 0.335 e. The van der Waals surface area contributed by atoms with Crippen LogP contribution in [0.25, 0.3) is 0 Å². The van der Waals surface area contributed by atoms with E-state index in [0.717, 1.165) is 30.7 Å². The lowest BCUT2D eigenvalue weighted by molar-refractivity contribution is -0.119. The lowest BCUT2D eigenvalue weighted by Gasteiger charge is -2.28. The van der Waals surface area contributed by atoms with Crippen LogP contribution in [0.5, 0.6) is 0 Å². The van der Waals surface area contributed by atoms with Crippen LogP contribution in [-0.4, -0.2) is 30.3 Å². The molecule has 142 valence electrons. The van der Waals surface area contributed by atoms with Crippen molar-refractivity contribution >= 4 is 17.5 Å². The van der Waals surface area contributed by atoms with E-state index in [-0.39, 0.29) is 11.8 Å². The molecule has 2 amide bonds. The van der Waals surface area contributed by atoms with E-state index in [1.807, 2.05) is 0 Å². The van der Waals surface area contributed by atoms with Gasteiger partial charge in [0.25, 0.3) is 5.91 Å². The number of carbonyl (C=O) groups is 2. The highest BCUT2D eigenvalue weighted by molar-refractivity contribution is 5.97. The molecule has 0 N–H and O–H groups in total. The van der Waals surface area contributed by atoms with E-state index in [9.17, 15) is 18.4 Å². The van der Waals surface area contributed by atoms with Crippen molar-refractivity contribution in [2.75, 3.05) is 18.5 Å². The average molecular weight is 372 g/mol. The van der Waals surface area contributed by atoms with Crippen LogP contribution in [0, 0.1) is 11.6 Å². The summed E-state index contributed by atoms with van der Waals surface area (Å²) in [7, 11) is 1.62. The van der Waals surface area contributed by atoms with Gasteiger partial charge in [-0.15, -0.1) is 0 Å². The highest BCUT2D eigenvalue weighted by Gasteiger charge is 2.22. The van der Waals surface area contributed by atoms with Gasteiger partial charge in [-0.25, -0.2) is 8.78 Å². The van der Waals surface area contributed by atoms with Crippen molar-refractivity contribution in [3.8, 4) is 0 Å². The molecule has 3 rings (SSSR count). The van der Waals surface area contributed by atoms with E-state index in [1.165, 1.54) is 11.0 Å². The van der Waals surface area contributed by atoms with Crippen LogP contribution in [-0.2, 0) is 4.79 Å². The van der Waals surface area contributed by atoms with Crippen molar-refractivity contribution in [3.63, 3.8) is 0 Å². The van der Waals surface area contributed by atoms with Crippen molar-refractivity contribution in [2.45, 2.75) is 32.2 Å². The first-order valence-corrected chi connectivity index (χ1v) is 9.01. The molecule has 0 bridgehead atoms. The zero-order valence-electron chi connectivity index (χ0n) is 15.4. The molecule has 1 unspecified atom stereocenters. The van der Waals surface area contributed by atoms with Gasteiger partial charge in [-0.2, -0.15) is 0 Å². The minimum absolute atomic E-state index is 0.101. The van der Waals surface area contributed by atoms with Crippen LogP contribution >= 0.6 is 0 Å². The summed E-state index contributed by atoms with van der Waals surface area (Å²) in [5.74, 6) is -1.98. The maximum atomic E-state index is 13.5. The third kappa shape index (κ3) is 3.99. The highest BCUT2D eigenvalue weighted by atomic mass is 19.2. The van der Waals surface area contributed by atoms with Crippen LogP contribution in [0.1, 0.15) is 48.1 Å². The first-order valence-electron chi connectivity index (χ1n) is 9.01. The highest BCUT2D eigenvalue weighted by Crippen LogP contribution is 2.25.